The van der Waals surface area contributed by atoms with Crippen molar-refractivity contribution in [3.8, 4) is 5.75 Å². The molecule has 0 bridgehead atoms. The van der Waals surface area contributed by atoms with E-state index in [2.05, 4.69) is 11.4 Å². The highest BCUT2D eigenvalue weighted by molar-refractivity contribution is 7.12. The van der Waals surface area contributed by atoms with E-state index in [1.165, 1.54) is 16.9 Å². The van der Waals surface area contributed by atoms with Crippen LogP contribution < -0.4 is 10.1 Å². The second kappa shape index (κ2) is 8.69. The van der Waals surface area contributed by atoms with E-state index in [0.29, 0.717) is 11.5 Å². The third-order valence-electron chi connectivity index (χ3n) is 4.17. The number of allylic oxidation sites excluding steroid dienone is 1. The number of carbonyl (C=O) groups excluding carboxylic acids is 1. The summed E-state index contributed by atoms with van der Waals surface area (Å²) < 4.78 is 5.94. The van der Waals surface area contributed by atoms with Crippen molar-refractivity contribution in [3.05, 3.63) is 87.1 Å². The van der Waals surface area contributed by atoms with Gasteiger partial charge in [0.15, 0.2) is 0 Å². The average molecular weight is 378 g/mol. The summed E-state index contributed by atoms with van der Waals surface area (Å²) in [5.41, 5.74) is 5.12. The maximum Gasteiger partial charge on any atom is 0.265 e. The van der Waals surface area contributed by atoms with Gasteiger partial charge in [-0.1, -0.05) is 48.0 Å². The summed E-state index contributed by atoms with van der Waals surface area (Å²) in [4.78, 5) is 13.2. The first kappa shape index (κ1) is 18.9. The summed E-state index contributed by atoms with van der Waals surface area (Å²) in [5, 5.41) is 4.96. The van der Waals surface area contributed by atoms with Gasteiger partial charge >= 0.3 is 0 Å². The molecule has 3 rings (SSSR count). The van der Waals surface area contributed by atoms with Crippen LogP contribution in [-0.4, -0.2) is 5.91 Å². The summed E-state index contributed by atoms with van der Waals surface area (Å²) in [6, 6.07) is 15.8. The van der Waals surface area contributed by atoms with Crippen LogP contribution in [0, 0.1) is 13.8 Å². The summed E-state index contributed by atoms with van der Waals surface area (Å²) in [6.07, 6.45) is 4.01. The minimum atomic E-state index is -0.0903. The van der Waals surface area contributed by atoms with Gasteiger partial charge in [0.1, 0.15) is 12.4 Å². The molecule has 138 valence electrons. The van der Waals surface area contributed by atoms with E-state index in [0.717, 1.165) is 28.1 Å². The lowest BCUT2D eigenvalue weighted by Gasteiger charge is -2.08. The molecule has 1 amide bonds. The number of carbonyl (C=O) groups is 1. The van der Waals surface area contributed by atoms with Crippen LogP contribution >= 0.6 is 11.3 Å². The number of aryl methyl sites for hydroxylation is 2. The second-order valence-corrected chi connectivity index (χ2v) is 7.33. The summed E-state index contributed by atoms with van der Waals surface area (Å²) in [5.74, 6) is 0.746. The molecule has 0 aliphatic rings. The highest BCUT2D eigenvalue weighted by atomic mass is 32.1. The molecule has 1 heterocycles. The molecular weight excluding hydrogens is 354 g/mol. The Morgan fingerprint density at radius 3 is 2.74 bits per heavy atom. The van der Waals surface area contributed by atoms with E-state index in [9.17, 15) is 4.79 Å². The number of nitrogens with one attached hydrogen (secondary N) is 1. The normalized spacial score (nSPS) is 10.9. The van der Waals surface area contributed by atoms with Gasteiger partial charge in [-0.3, -0.25) is 4.79 Å². The van der Waals surface area contributed by atoms with Crippen LogP contribution in [-0.2, 0) is 6.61 Å². The lowest BCUT2D eigenvalue weighted by Crippen LogP contribution is -2.11. The zero-order chi connectivity index (χ0) is 19.2. The van der Waals surface area contributed by atoms with Crippen LogP contribution in [0.5, 0.6) is 5.75 Å². The van der Waals surface area contributed by atoms with E-state index >= 15 is 0 Å². The molecule has 2 aromatic carbocycles. The molecule has 0 saturated heterocycles. The van der Waals surface area contributed by atoms with Crippen LogP contribution in [0.1, 0.15) is 38.8 Å². The first-order valence-electron chi connectivity index (χ1n) is 8.87. The number of para-hydroxylation sites is 1. The summed E-state index contributed by atoms with van der Waals surface area (Å²) >= 11 is 1.43. The highest BCUT2D eigenvalue weighted by Gasteiger charge is 2.11. The maximum atomic E-state index is 12.5. The van der Waals surface area contributed by atoms with Crippen molar-refractivity contribution >= 4 is 29.0 Å². The number of amides is 1. The van der Waals surface area contributed by atoms with Gasteiger partial charge in [0.05, 0.1) is 4.88 Å². The lowest BCUT2D eigenvalue weighted by molar-refractivity contribution is 0.103. The molecule has 0 unspecified atom stereocenters. The predicted octanol–water partition coefficient (Wildman–Crippen LogP) is 6.23. The molecule has 3 nitrogen and oxygen atoms in total. The van der Waals surface area contributed by atoms with Gasteiger partial charge in [0.25, 0.3) is 5.91 Å². The monoisotopic (exact) mass is 377 g/mol. The highest BCUT2D eigenvalue weighted by Crippen LogP contribution is 2.23. The molecule has 0 aliphatic carbocycles. The van der Waals surface area contributed by atoms with Crippen molar-refractivity contribution in [1.82, 2.24) is 0 Å². The zero-order valence-electron chi connectivity index (χ0n) is 15.8. The Bertz CT molecular complexity index is 972. The van der Waals surface area contributed by atoms with Gasteiger partial charge in [-0.15, -0.1) is 11.3 Å². The Morgan fingerprint density at radius 1 is 1.15 bits per heavy atom. The molecule has 4 heteroatoms. The van der Waals surface area contributed by atoms with E-state index in [1.807, 2.05) is 80.8 Å². The minimum absolute atomic E-state index is 0.0903. The number of hydrogen-bond donors (Lipinski definition) is 1. The predicted molar refractivity (Wildman–Crippen MR) is 114 cm³/mol. The number of rotatable bonds is 6. The first-order valence-corrected chi connectivity index (χ1v) is 9.75. The van der Waals surface area contributed by atoms with Gasteiger partial charge in [0, 0.05) is 16.8 Å². The molecule has 0 atom stereocenters. The fourth-order valence-corrected chi connectivity index (χ4v) is 3.59. The molecule has 0 aliphatic heterocycles. The van der Waals surface area contributed by atoms with Crippen molar-refractivity contribution in [1.29, 1.82) is 0 Å². The quantitative estimate of drug-likeness (QED) is 0.553. The molecule has 0 spiro atoms. The van der Waals surface area contributed by atoms with Crippen LogP contribution in [0.2, 0.25) is 0 Å². The van der Waals surface area contributed by atoms with Crippen molar-refractivity contribution in [2.24, 2.45) is 0 Å². The smallest absolute Gasteiger partial charge is 0.265 e. The summed E-state index contributed by atoms with van der Waals surface area (Å²) in [6.45, 7) is 6.45. The van der Waals surface area contributed by atoms with E-state index in [-0.39, 0.29) is 5.91 Å². The largest absolute Gasteiger partial charge is 0.488 e. The fraction of sp³-hybridized carbons (Fsp3) is 0.174. The number of anilines is 1. The van der Waals surface area contributed by atoms with Crippen molar-refractivity contribution in [3.63, 3.8) is 0 Å². The second-order valence-electron chi connectivity index (χ2n) is 6.42. The summed E-state index contributed by atoms with van der Waals surface area (Å²) in [7, 11) is 0. The fourth-order valence-electron chi connectivity index (χ4n) is 2.80. The number of benzene rings is 2. The zero-order valence-corrected chi connectivity index (χ0v) is 16.6. The molecule has 3 aromatic rings. The molecule has 0 radical (unpaired) electrons. The molecule has 27 heavy (non-hydrogen) atoms. The topological polar surface area (TPSA) is 38.3 Å². The Balaban J connectivity index is 1.65. The average Bonchev–Trinajstić information content (AvgIpc) is 3.13. The Hall–Kier alpha value is -2.85. The standard InChI is InChI=1S/C23H23NO2S/c1-4-7-19-8-5-6-9-21(19)26-14-18-13-22(27-15-18)23(25)24-20-11-10-16(2)12-17(20)3/h4-13,15H,14H2,1-3H3,(H,24,25)/b7-4+. The van der Waals surface area contributed by atoms with Gasteiger partial charge in [-0.25, -0.2) is 0 Å². The Kier molecular flexibility index (Phi) is 6.09. The lowest BCUT2D eigenvalue weighted by atomic mass is 10.1. The van der Waals surface area contributed by atoms with Gasteiger partial charge < -0.3 is 10.1 Å². The van der Waals surface area contributed by atoms with E-state index in [4.69, 9.17) is 4.74 Å². The molecule has 0 fully saturated rings. The number of hydrogen-bond acceptors (Lipinski definition) is 3. The van der Waals surface area contributed by atoms with Crippen molar-refractivity contribution < 1.29 is 9.53 Å². The van der Waals surface area contributed by atoms with Crippen LogP contribution in [0.25, 0.3) is 6.08 Å². The van der Waals surface area contributed by atoms with Gasteiger partial charge in [0.2, 0.25) is 0 Å². The Morgan fingerprint density at radius 2 is 1.96 bits per heavy atom. The molecule has 0 saturated carbocycles. The molecular formula is C23H23NO2S. The van der Waals surface area contributed by atoms with E-state index < -0.39 is 0 Å². The Labute approximate surface area is 164 Å². The van der Waals surface area contributed by atoms with Gasteiger partial charge in [-0.2, -0.15) is 0 Å². The van der Waals surface area contributed by atoms with Crippen LogP contribution in [0.15, 0.2) is 60.0 Å². The first-order chi connectivity index (χ1) is 13.1. The minimum Gasteiger partial charge on any atom is -0.488 e. The van der Waals surface area contributed by atoms with Crippen LogP contribution in [0.4, 0.5) is 5.69 Å². The maximum absolute atomic E-state index is 12.5. The van der Waals surface area contributed by atoms with E-state index in [1.54, 1.807) is 0 Å². The van der Waals surface area contributed by atoms with Crippen molar-refractivity contribution in [2.45, 2.75) is 27.4 Å². The van der Waals surface area contributed by atoms with Gasteiger partial charge in [-0.05, 0) is 49.9 Å². The number of ether oxygens (including phenoxy) is 1. The molecule has 1 N–H and O–H groups in total. The van der Waals surface area contributed by atoms with Crippen molar-refractivity contribution in [2.75, 3.05) is 5.32 Å². The van der Waals surface area contributed by atoms with Crippen LogP contribution in [0.3, 0.4) is 0 Å². The third-order valence-corrected chi connectivity index (χ3v) is 5.15. The number of thiophene rings is 1. The SMILES string of the molecule is C/C=C/c1ccccc1OCc1csc(C(=O)Nc2ccc(C)cc2C)c1. The molecule has 1 aromatic heterocycles. The third kappa shape index (κ3) is 4.86.